The van der Waals surface area contributed by atoms with E-state index in [0.717, 1.165) is 43.9 Å². The molecule has 1 aliphatic heterocycles. The van der Waals surface area contributed by atoms with Crippen LogP contribution in [0.4, 0.5) is 0 Å². The van der Waals surface area contributed by atoms with Gasteiger partial charge in [0.25, 0.3) is 0 Å². The minimum atomic E-state index is -4.41. The Kier molecular flexibility index (Phi) is 20.9. The Hall–Kier alpha value is -1.23. The highest BCUT2D eigenvalue weighted by Gasteiger charge is 2.35. The van der Waals surface area contributed by atoms with E-state index in [1.54, 1.807) is 0 Å². The van der Waals surface area contributed by atoms with E-state index >= 15 is 0 Å². The third-order valence-electron chi connectivity index (χ3n) is 6.75. The maximum Gasteiger partial charge on any atom is 0.311 e. The first-order valence-electron chi connectivity index (χ1n) is 14.7. The number of unbranched alkanes of at least 4 members (excludes halogenated alkanes) is 13. The minimum absolute atomic E-state index is 0.102. The molecular weight excluding hydrogens is 508 g/mol. The van der Waals surface area contributed by atoms with Crippen molar-refractivity contribution in [3.63, 3.8) is 0 Å². The van der Waals surface area contributed by atoms with Crippen molar-refractivity contribution in [3.8, 4) is 0 Å². The van der Waals surface area contributed by atoms with Crippen LogP contribution in [0.25, 0.3) is 0 Å². The molecule has 1 unspecified atom stereocenters. The summed E-state index contributed by atoms with van der Waals surface area (Å²) in [5.74, 6) is -0.342. The molecule has 226 valence electrons. The van der Waals surface area contributed by atoms with Gasteiger partial charge in [-0.1, -0.05) is 90.4 Å². The van der Waals surface area contributed by atoms with E-state index in [4.69, 9.17) is 4.74 Å². The van der Waals surface area contributed by atoms with Crippen LogP contribution in [-0.2, 0) is 28.9 Å². The summed E-state index contributed by atoms with van der Waals surface area (Å²) < 4.78 is 37.4. The lowest BCUT2D eigenvalue weighted by atomic mass is 10.0. The second-order valence-corrected chi connectivity index (χ2v) is 12.6. The van der Waals surface area contributed by atoms with Gasteiger partial charge in [0.05, 0.1) is 47.3 Å². The molecule has 0 saturated carbocycles. The quantitative estimate of drug-likeness (QED) is 0.0630. The van der Waals surface area contributed by atoms with Gasteiger partial charge in [-0.3, -0.25) is 13.8 Å². The van der Waals surface area contributed by atoms with Crippen molar-refractivity contribution < 1.29 is 36.0 Å². The maximum atomic E-state index is 12.3. The van der Waals surface area contributed by atoms with Crippen LogP contribution in [0.5, 0.6) is 0 Å². The lowest BCUT2D eigenvalue weighted by Crippen LogP contribution is -2.38. The lowest BCUT2D eigenvalue weighted by molar-refractivity contribution is -0.870. The molecule has 1 heterocycles. The van der Waals surface area contributed by atoms with Gasteiger partial charge in [-0.2, -0.15) is 0 Å². The Morgan fingerprint density at radius 3 is 1.76 bits per heavy atom. The fourth-order valence-corrected chi connectivity index (χ4v) is 4.47. The van der Waals surface area contributed by atoms with Crippen LogP contribution < -0.4 is 0 Å². The third kappa shape index (κ3) is 22.7. The summed E-state index contributed by atoms with van der Waals surface area (Å²) in [6.45, 7) is 5.08. The average molecular weight is 565 g/mol. The van der Waals surface area contributed by atoms with Crippen LogP contribution in [0, 0.1) is 5.92 Å². The monoisotopic (exact) mass is 564 g/mol. The topological polar surface area (TPSA) is 113 Å². The number of hydrogen-bond acceptors (Lipinski definition) is 7. The van der Waals surface area contributed by atoms with E-state index in [0.29, 0.717) is 19.6 Å². The van der Waals surface area contributed by atoms with Crippen molar-refractivity contribution in [2.24, 2.45) is 5.92 Å². The van der Waals surface area contributed by atoms with Crippen LogP contribution in [-0.4, -0.2) is 88.7 Å². The number of nitrogens with zero attached hydrogens (tertiary/aromatic N) is 2. The summed E-state index contributed by atoms with van der Waals surface area (Å²) in [7, 11) is 2.86. The Morgan fingerprint density at radius 2 is 1.34 bits per heavy atom. The number of amides is 1. The van der Waals surface area contributed by atoms with Gasteiger partial charge in [-0.25, -0.2) is 8.42 Å². The van der Waals surface area contributed by atoms with E-state index < -0.39 is 10.4 Å². The van der Waals surface area contributed by atoms with Crippen molar-refractivity contribution in [3.05, 3.63) is 0 Å². The normalized spacial score (nSPS) is 15.9. The summed E-state index contributed by atoms with van der Waals surface area (Å²) in [5.41, 5.74) is 0. The first-order valence-corrected chi connectivity index (χ1v) is 16.0. The zero-order valence-corrected chi connectivity index (χ0v) is 25.7. The highest BCUT2D eigenvalue weighted by atomic mass is 32.3. The van der Waals surface area contributed by atoms with Gasteiger partial charge < -0.3 is 18.7 Å². The van der Waals surface area contributed by atoms with Gasteiger partial charge in [-0.05, 0) is 6.42 Å². The molecule has 0 bridgehead atoms. The van der Waals surface area contributed by atoms with Crippen molar-refractivity contribution in [1.82, 2.24) is 4.90 Å². The Morgan fingerprint density at radius 1 is 0.895 bits per heavy atom. The van der Waals surface area contributed by atoms with Crippen LogP contribution in [0.15, 0.2) is 0 Å². The predicted octanol–water partition coefficient (Wildman–Crippen LogP) is 5.05. The molecule has 1 fully saturated rings. The smallest absolute Gasteiger partial charge is 0.311 e. The highest BCUT2D eigenvalue weighted by molar-refractivity contribution is 7.80. The van der Waals surface area contributed by atoms with E-state index in [2.05, 4.69) is 32.2 Å². The van der Waals surface area contributed by atoms with Gasteiger partial charge in [-0.15, -0.1) is 0 Å². The van der Waals surface area contributed by atoms with Gasteiger partial charge in [0.2, 0.25) is 16.3 Å². The molecule has 0 aromatic heterocycles. The Bertz CT molecular complexity index is 723. The number of carbonyl (C=O) groups is 2. The number of carbonyl (C=O) groups excluding carboxylic acids is 2. The van der Waals surface area contributed by atoms with Crippen LogP contribution in [0.2, 0.25) is 0 Å². The molecular formula is C28H56N2O7S. The summed E-state index contributed by atoms with van der Waals surface area (Å²) in [6.07, 6.45) is 19.8. The first-order chi connectivity index (χ1) is 17.9. The Labute approximate surface area is 233 Å². The van der Waals surface area contributed by atoms with Crippen molar-refractivity contribution >= 4 is 22.3 Å². The second-order valence-electron chi connectivity index (χ2n) is 11.4. The summed E-state index contributed by atoms with van der Waals surface area (Å²) in [5, 5.41) is 0. The molecule has 1 amide bonds. The number of esters is 1. The predicted molar refractivity (Wildman–Crippen MR) is 150 cm³/mol. The van der Waals surface area contributed by atoms with Gasteiger partial charge in [0.15, 0.2) is 0 Å². The fourth-order valence-electron chi connectivity index (χ4n) is 4.47. The molecule has 0 spiro atoms. The molecule has 9 nitrogen and oxygen atoms in total. The first kappa shape index (κ1) is 36.8. The van der Waals surface area contributed by atoms with E-state index in [1.807, 2.05) is 4.90 Å². The summed E-state index contributed by atoms with van der Waals surface area (Å²) in [4.78, 5) is 26.3. The van der Waals surface area contributed by atoms with E-state index in [9.17, 15) is 22.6 Å². The molecule has 0 aromatic rings. The molecule has 0 radical (unpaired) electrons. The van der Waals surface area contributed by atoms with Crippen LogP contribution >= 0.6 is 0 Å². The number of hydrogen-bond donors (Lipinski definition) is 0. The zero-order chi connectivity index (χ0) is 28.9. The van der Waals surface area contributed by atoms with E-state index in [1.165, 1.54) is 77.0 Å². The number of rotatable bonds is 21. The van der Waals surface area contributed by atoms with Gasteiger partial charge in [0, 0.05) is 25.9 Å². The number of ether oxygens (including phenoxy) is 1. The maximum absolute atomic E-state index is 12.3. The van der Waals surface area contributed by atoms with Crippen LogP contribution in [0.1, 0.15) is 110 Å². The highest BCUT2D eigenvalue weighted by Crippen LogP contribution is 2.20. The largest absolute Gasteiger partial charge is 0.726 e. The number of quaternary nitrogens is 1. The number of likely N-dealkylation sites (tertiary alicyclic amines) is 1. The molecule has 10 heteroatoms. The van der Waals surface area contributed by atoms with Crippen LogP contribution in [0.3, 0.4) is 0 Å². The van der Waals surface area contributed by atoms with Crippen molar-refractivity contribution in [2.75, 3.05) is 54.5 Å². The zero-order valence-electron chi connectivity index (χ0n) is 24.9. The second kappa shape index (κ2) is 21.6. The van der Waals surface area contributed by atoms with Gasteiger partial charge >= 0.3 is 5.97 Å². The standard InChI is InChI=1S/C27H53N2O3.CH4O4S/c1-5-6-7-8-9-10-11-12-13-14-15-16-17-18-22-32-27(31)25-23-26(30)28(24-25)20-19-21-29(2,3)4;1-5-6(2,3)4/h25H,5-24H2,1-4H3;1H3,(H,2,3,4)/q+1;/p-1. The third-order valence-corrected chi connectivity index (χ3v) is 7.16. The molecule has 1 aliphatic rings. The summed E-state index contributed by atoms with van der Waals surface area (Å²) >= 11 is 0. The molecule has 0 aliphatic carbocycles. The molecule has 1 rings (SSSR count). The Balaban J connectivity index is 0.00000203. The van der Waals surface area contributed by atoms with Crippen molar-refractivity contribution in [2.45, 2.75) is 110 Å². The van der Waals surface area contributed by atoms with Gasteiger partial charge in [0.1, 0.15) is 0 Å². The van der Waals surface area contributed by atoms with Crippen molar-refractivity contribution in [1.29, 1.82) is 0 Å². The lowest BCUT2D eigenvalue weighted by Gasteiger charge is -2.25. The average Bonchev–Trinajstić information content (AvgIpc) is 3.21. The molecule has 0 aromatic carbocycles. The molecule has 1 atom stereocenters. The fraction of sp³-hybridized carbons (Fsp3) is 0.929. The molecule has 1 saturated heterocycles. The SMILES string of the molecule is CCCCCCCCCCCCCCCCOC(=O)C1CC(=O)N(CCC[N+](C)(C)C)C1.COS(=O)(=O)[O-]. The van der Waals surface area contributed by atoms with E-state index in [-0.39, 0.29) is 17.8 Å². The summed E-state index contributed by atoms with van der Waals surface area (Å²) in [6, 6.07) is 0. The molecule has 0 N–H and O–H groups in total. The molecule has 38 heavy (non-hydrogen) atoms. The minimum Gasteiger partial charge on any atom is -0.726 e.